The first-order valence-electron chi connectivity index (χ1n) is 3.07. The van der Waals surface area contributed by atoms with Gasteiger partial charge in [-0.3, -0.25) is 0 Å². The van der Waals surface area contributed by atoms with Gasteiger partial charge in [0.15, 0.2) is 0 Å². The van der Waals surface area contributed by atoms with Gasteiger partial charge in [-0.1, -0.05) is 0 Å². The maximum absolute atomic E-state index is 4.78. The summed E-state index contributed by atoms with van der Waals surface area (Å²) in [5.74, 6) is 0.539. The molecule has 0 spiro atoms. The van der Waals surface area contributed by atoms with E-state index in [2.05, 4.69) is 21.3 Å². The Kier molecular flexibility index (Phi) is 2.20. The van der Waals surface area contributed by atoms with E-state index >= 15 is 0 Å². The van der Waals surface area contributed by atoms with Crippen LogP contribution in [0.5, 0.6) is 6.01 Å². The molecule has 11 heavy (non-hydrogen) atoms. The largest absolute Gasteiger partial charge is 0.467 e. The fourth-order valence-corrected chi connectivity index (χ4v) is 0.539. The molecular formula is C6H9N4O. The van der Waals surface area contributed by atoms with E-state index in [4.69, 9.17) is 4.74 Å². The molecule has 0 fully saturated rings. The topological polar surface area (TPSA) is 51.1 Å². The minimum absolute atomic E-state index is 0.281. The molecule has 1 aromatic heterocycles. The molecule has 0 N–H and O–H groups in total. The summed E-state index contributed by atoms with van der Waals surface area (Å²) in [5, 5.41) is 0. The Balaban J connectivity index is 2.91. The van der Waals surface area contributed by atoms with Crippen LogP contribution < -0.4 is 9.64 Å². The molecule has 0 aliphatic rings. The summed E-state index contributed by atoms with van der Waals surface area (Å²) >= 11 is 0. The van der Waals surface area contributed by atoms with Crippen molar-refractivity contribution < 1.29 is 4.74 Å². The predicted molar refractivity (Wildman–Crippen MR) is 39.5 cm³/mol. The molecule has 5 heteroatoms. The molecule has 0 saturated carbocycles. The highest BCUT2D eigenvalue weighted by Crippen LogP contribution is 2.04. The minimum atomic E-state index is 0.281. The highest BCUT2D eigenvalue weighted by Gasteiger charge is 2.00. The summed E-state index contributed by atoms with van der Waals surface area (Å²) in [6.45, 7) is 0. The van der Waals surface area contributed by atoms with Crippen molar-refractivity contribution in [1.82, 2.24) is 15.0 Å². The number of hydrogen-bond acceptors (Lipinski definition) is 5. The third-order valence-corrected chi connectivity index (χ3v) is 1.07. The van der Waals surface area contributed by atoms with Gasteiger partial charge >= 0.3 is 6.01 Å². The van der Waals surface area contributed by atoms with Crippen LogP contribution in [0.15, 0.2) is 0 Å². The SMILES string of the molecule is COc1n[c]nc(N(C)C)n1. The van der Waals surface area contributed by atoms with Crippen LogP contribution in [-0.2, 0) is 0 Å². The molecule has 0 aromatic carbocycles. The maximum Gasteiger partial charge on any atom is 0.321 e. The van der Waals surface area contributed by atoms with Crippen LogP contribution >= 0.6 is 0 Å². The third kappa shape index (κ3) is 1.76. The molecule has 0 saturated heterocycles. The van der Waals surface area contributed by atoms with Crippen molar-refractivity contribution in [3.63, 3.8) is 0 Å². The second kappa shape index (κ2) is 3.14. The Hall–Kier alpha value is -1.39. The van der Waals surface area contributed by atoms with E-state index < -0.39 is 0 Å². The molecule has 1 rings (SSSR count). The zero-order valence-corrected chi connectivity index (χ0v) is 6.70. The predicted octanol–water partition coefficient (Wildman–Crippen LogP) is -0.254. The smallest absolute Gasteiger partial charge is 0.321 e. The molecule has 59 valence electrons. The van der Waals surface area contributed by atoms with Gasteiger partial charge in [0.1, 0.15) is 0 Å². The number of rotatable bonds is 2. The molecule has 5 nitrogen and oxygen atoms in total. The molecule has 1 radical (unpaired) electrons. The molecular weight excluding hydrogens is 144 g/mol. The fraction of sp³-hybridized carbons (Fsp3) is 0.500. The van der Waals surface area contributed by atoms with Crippen molar-refractivity contribution in [2.75, 3.05) is 26.1 Å². The molecule has 0 aliphatic heterocycles. The van der Waals surface area contributed by atoms with E-state index in [1.165, 1.54) is 7.11 Å². The van der Waals surface area contributed by atoms with Gasteiger partial charge in [-0.25, -0.2) is 0 Å². The van der Waals surface area contributed by atoms with Gasteiger partial charge in [-0.05, 0) is 0 Å². The first-order chi connectivity index (χ1) is 5.24. The molecule has 0 amide bonds. The fourth-order valence-electron chi connectivity index (χ4n) is 0.539. The van der Waals surface area contributed by atoms with Crippen molar-refractivity contribution in [3.8, 4) is 6.01 Å². The van der Waals surface area contributed by atoms with E-state index in [-0.39, 0.29) is 6.01 Å². The van der Waals surface area contributed by atoms with Crippen LogP contribution in [0.3, 0.4) is 0 Å². The minimum Gasteiger partial charge on any atom is -0.467 e. The van der Waals surface area contributed by atoms with E-state index in [9.17, 15) is 0 Å². The summed E-state index contributed by atoms with van der Waals surface area (Å²) in [5.41, 5.74) is 0. The van der Waals surface area contributed by atoms with Crippen molar-refractivity contribution in [3.05, 3.63) is 6.33 Å². The van der Waals surface area contributed by atoms with Crippen LogP contribution in [0.1, 0.15) is 0 Å². The molecule has 0 bridgehead atoms. The van der Waals surface area contributed by atoms with Crippen LogP contribution in [0, 0.1) is 6.33 Å². The van der Waals surface area contributed by atoms with E-state index in [1.807, 2.05) is 14.1 Å². The standard InChI is InChI=1S/C6H9N4O/c1-10(2)5-7-4-8-6(9-5)11-3/h1-3H3. The van der Waals surface area contributed by atoms with Crippen LogP contribution in [0.2, 0.25) is 0 Å². The Labute approximate surface area is 65.1 Å². The summed E-state index contributed by atoms with van der Waals surface area (Å²) in [6, 6.07) is 0.281. The summed E-state index contributed by atoms with van der Waals surface area (Å²) < 4.78 is 4.78. The normalized spacial score (nSPS) is 9.36. The lowest BCUT2D eigenvalue weighted by Crippen LogP contribution is -2.13. The summed E-state index contributed by atoms with van der Waals surface area (Å²) in [4.78, 5) is 13.1. The number of aromatic nitrogens is 3. The Bertz CT molecular complexity index is 238. The number of ether oxygens (including phenoxy) is 1. The average molecular weight is 153 g/mol. The Morgan fingerprint density at radius 1 is 1.36 bits per heavy atom. The highest BCUT2D eigenvalue weighted by molar-refractivity contribution is 5.25. The molecule has 0 aliphatic carbocycles. The van der Waals surface area contributed by atoms with Gasteiger partial charge in [0.05, 0.1) is 7.11 Å². The van der Waals surface area contributed by atoms with E-state index in [0.29, 0.717) is 5.95 Å². The number of anilines is 1. The summed E-state index contributed by atoms with van der Waals surface area (Å²) in [6.07, 6.45) is 2.43. The quantitative estimate of drug-likeness (QED) is 0.586. The second-order valence-electron chi connectivity index (χ2n) is 2.12. The lowest BCUT2D eigenvalue weighted by molar-refractivity contribution is 0.378. The number of methoxy groups -OCH3 is 1. The van der Waals surface area contributed by atoms with Crippen LogP contribution in [0.4, 0.5) is 5.95 Å². The van der Waals surface area contributed by atoms with Crippen LogP contribution in [0.25, 0.3) is 0 Å². The lowest BCUT2D eigenvalue weighted by atomic mass is 10.8. The zero-order valence-electron chi connectivity index (χ0n) is 6.70. The Morgan fingerprint density at radius 3 is 2.64 bits per heavy atom. The third-order valence-electron chi connectivity index (χ3n) is 1.07. The maximum atomic E-state index is 4.78. The monoisotopic (exact) mass is 153 g/mol. The first-order valence-corrected chi connectivity index (χ1v) is 3.07. The average Bonchev–Trinajstić information content (AvgIpc) is 2.05. The first kappa shape index (κ1) is 7.71. The van der Waals surface area contributed by atoms with Crippen molar-refractivity contribution in [2.24, 2.45) is 0 Å². The second-order valence-corrected chi connectivity index (χ2v) is 2.12. The van der Waals surface area contributed by atoms with Gasteiger partial charge in [0.2, 0.25) is 12.3 Å². The highest BCUT2D eigenvalue weighted by atomic mass is 16.5. The molecule has 1 heterocycles. The molecule has 0 unspecified atom stereocenters. The van der Waals surface area contributed by atoms with Gasteiger partial charge in [0.25, 0.3) is 0 Å². The zero-order chi connectivity index (χ0) is 8.27. The van der Waals surface area contributed by atoms with Gasteiger partial charge < -0.3 is 9.64 Å². The van der Waals surface area contributed by atoms with Crippen molar-refractivity contribution >= 4 is 5.95 Å². The van der Waals surface area contributed by atoms with Crippen molar-refractivity contribution in [2.45, 2.75) is 0 Å². The van der Waals surface area contributed by atoms with Gasteiger partial charge in [-0.15, -0.1) is 0 Å². The van der Waals surface area contributed by atoms with Crippen molar-refractivity contribution in [1.29, 1.82) is 0 Å². The van der Waals surface area contributed by atoms with Gasteiger partial charge in [0, 0.05) is 14.1 Å². The van der Waals surface area contributed by atoms with E-state index in [0.717, 1.165) is 0 Å². The lowest BCUT2D eigenvalue weighted by Gasteiger charge is -2.08. The molecule has 1 aromatic rings. The molecule has 0 atom stereocenters. The number of nitrogens with zero attached hydrogens (tertiary/aromatic N) is 4. The van der Waals surface area contributed by atoms with E-state index in [1.54, 1.807) is 4.90 Å². The van der Waals surface area contributed by atoms with Gasteiger partial charge in [-0.2, -0.15) is 15.0 Å². The number of hydrogen-bond donors (Lipinski definition) is 0. The van der Waals surface area contributed by atoms with Crippen LogP contribution in [-0.4, -0.2) is 36.2 Å². The summed E-state index contributed by atoms with van der Waals surface area (Å²) in [7, 11) is 5.17. The Morgan fingerprint density at radius 2 is 2.09 bits per heavy atom.